The van der Waals surface area contributed by atoms with Crippen LogP contribution in [-0.4, -0.2) is 0 Å². The van der Waals surface area contributed by atoms with E-state index in [0.29, 0.717) is 0 Å². The minimum absolute atomic E-state index is 0.00233. The second-order valence-corrected chi connectivity index (χ2v) is 18.3. The van der Waals surface area contributed by atoms with Gasteiger partial charge in [0.15, 0.2) is 0 Å². The van der Waals surface area contributed by atoms with Crippen LogP contribution in [0.4, 0.5) is 0 Å². The van der Waals surface area contributed by atoms with E-state index in [1.165, 1.54) is 87.2 Å². The highest BCUT2D eigenvalue weighted by molar-refractivity contribution is 6.40. The SMILES string of the molecule is CC(C)(C)c1c2ccc3c4c(cc5c(C(C)(C)C)c6ccc7c8c(cc1c(c68)c5c24)C(C)(C)C7(C)C)C(C)(C)C3(C)C. The fourth-order valence-corrected chi connectivity index (χ4v) is 9.74. The van der Waals surface area contributed by atoms with Gasteiger partial charge in [-0.1, -0.05) is 121 Å². The second kappa shape index (κ2) is 6.93. The first-order chi connectivity index (χ1) is 19.2. The topological polar surface area (TPSA) is 0 Å². The predicted octanol–water partition coefficient (Wildman–Crippen LogP) is 12.1. The standard InChI is InChI=1S/C42H48/c1-37(2,3)35-21-15-17-25-33-28(42(13,14)39(25,7)8)20-24-32(29(21)33)31-23(35)19-27-34-26(40(9,10)41(27,11)12)18-16-22(30(31)34)36(24)38(4,5)6/h15-20H,1-14H3. The molecule has 2 aliphatic carbocycles. The van der Waals surface area contributed by atoms with Gasteiger partial charge in [-0.25, -0.2) is 0 Å². The molecule has 8 rings (SSSR count). The van der Waals surface area contributed by atoms with Crippen molar-refractivity contribution >= 4 is 53.9 Å². The zero-order chi connectivity index (χ0) is 30.5. The van der Waals surface area contributed by atoms with Gasteiger partial charge in [-0.3, -0.25) is 0 Å². The lowest BCUT2D eigenvalue weighted by atomic mass is 9.66. The van der Waals surface area contributed by atoms with Crippen molar-refractivity contribution in [1.29, 1.82) is 0 Å². The Morgan fingerprint density at radius 2 is 0.643 bits per heavy atom. The molecule has 0 spiro atoms. The molecule has 0 heteroatoms. The van der Waals surface area contributed by atoms with Crippen molar-refractivity contribution in [3.05, 3.63) is 69.8 Å². The van der Waals surface area contributed by atoms with Crippen LogP contribution in [0.2, 0.25) is 0 Å². The van der Waals surface area contributed by atoms with Crippen molar-refractivity contribution < 1.29 is 0 Å². The molecule has 0 aromatic heterocycles. The fourth-order valence-electron chi connectivity index (χ4n) is 9.74. The molecular formula is C42H48. The first-order valence-corrected chi connectivity index (χ1v) is 16.2. The first-order valence-electron chi connectivity index (χ1n) is 16.2. The molecule has 0 aliphatic heterocycles. The van der Waals surface area contributed by atoms with Gasteiger partial charge in [-0.2, -0.15) is 0 Å². The zero-order valence-electron chi connectivity index (χ0n) is 28.5. The molecule has 0 unspecified atom stereocenters. The Morgan fingerprint density at radius 3 is 0.952 bits per heavy atom. The molecule has 0 radical (unpaired) electrons. The summed E-state index contributed by atoms with van der Waals surface area (Å²) < 4.78 is 0. The van der Waals surface area contributed by atoms with Gasteiger partial charge in [0.2, 0.25) is 0 Å². The van der Waals surface area contributed by atoms with Gasteiger partial charge in [-0.05, 0) is 132 Å². The Bertz CT molecular complexity index is 2020. The maximum absolute atomic E-state index is 2.65. The van der Waals surface area contributed by atoms with E-state index >= 15 is 0 Å². The second-order valence-electron chi connectivity index (χ2n) is 18.3. The molecule has 0 N–H and O–H groups in total. The number of rotatable bonds is 0. The lowest BCUT2D eigenvalue weighted by Crippen LogP contribution is -2.35. The third kappa shape index (κ3) is 2.58. The van der Waals surface area contributed by atoms with E-state index in [2.05, 4.69) is 133 Å². The van der Waals surface area contributed by atoms with Gasteiger partial charge in [-0.15, -0.1) is 0 Å². The predicted molar refractivity (Wildman–Crippen MR) is 186 cm³/mol. The molecule has 0 nitrogen and oxygen atoms in total. The highest BCUT2D eigenvalue weighted by atomic mass is 14.5. The summed E-state index contributed by atoms with van der Waals surface area (Å²) in [4.78, 5) is 0. The molecule has 0 heterocycles. The largest absolute Gasteiger partial charge is 0.0572 e. The van der Waals surface area contributed by atoms with Crippen LogP contribution in [0, 0.1) is 0 Å². The summed E-state index contributed by atoms with van der Waals surface area (Å²) in [5.41, 5.74) is 9.36. The Hall–Kier alpha value is -2.86. The van der Waals surface area contributed by atoms with Crippen LogP contribution in [0.5, 0.6) is 0 Å². The summed E-state index contributed by atoms with van der Waals surface area (Å²) in [6, 6.07) is 15.3. The van der Waals surface area contributed by atoms with Gasteiger partial charge in [0.1, 0.15) is 0 Å². The average Bonchev–Trinajstić information content (AvgIpc) is 3.11. The van der Waals surface area contributed by atoms with E-state index in [9.17, 15) is 0 Å². The van der Waals surface area contributed by atoms with E-state index in [4.69, 9.17) is 0 Å². The van der Waals surface area contributed by atoms with E-state index in [-0.39, 0.29) is 32.5 Å². The van der Waals surface area contributed by atoms with Crippen LogP contribution in [0.1, 0.15) is 130 Å². The van der Waals surface area contributed by atoms with Crippen molar-refractivity contribution in [2.24, 2.45) is 0 Å². The molecule has 0 fully saturated rings. The molecule has 0 amide bonds. The first kappa shape index (κ1) is 26.7. The van der Waals surface area contributed by atoms with Crippen LogP contribution in [0.25, 0.3) is 53.9 Å². The zero-order valence-corrected chi connectivity index (χ0v) is 28.5. The molecule has 0 bridgehead atoms. The summed E-state index contributed by atoms with van der Waals surface area (Å²) in [5.74, 6) is 0. The Labute approximate surface area is 252 Å². The molecule has 42 heavy (non-hydrogen) atoms. The molecule has 6 aromatic carbocycles. The van der Waals surface area contributed by atoms with Crippen molar-refractivity contribution in [3.8, 4) is 0 Å². The van der Waals surface area contributed by atoms with E-state index in [1.54, 1.807) is 0 Å². The summed E-state index contributed by atoms with van der Waals surface area (Å²) in [5, 5.41) is 15.1. The third-order valence-electron chi connectivity index (χ3n) is 13.2. The minimum atomic E-state index is 0.00233. The number of hydrogen-bond acceptors (Lipinski definition) is 0. The Kier molecular flexibility index (Phi) is 4.41. The molecule has 0 saturated heterocycles. The minimum Gasteiger partial charge on any atom is -0.0572 e. The lowest BCUT2D eigenvalue weighted by molar-refractivity contribution is 0.322. The lowest BCUT2D eigenvalue weighted by Gasteiger charge is -2.37. The molecule has 0 saturated carbocycles. The van der Waals surface area contributed by atoms with Crippen LogP contribution in [0.15, 0.2) is 36.4 Å². The quantitative estimate of drug-likeness (QED) is 0.130. The Morgan fingerprint density at radius 1 is 0.357 bits per heavy atom. The molecule has 6 aromatic rings. The van der Waals surface area contributed by atoms with Crippen molar-refractivity contribution in [1.82, 2.24) is 0 Å². The highest BCUT2D eigenvalue weighted by Gasteiger charge is 2.50. The van der Waals surface area contributed by atoms with Gasteiger partial charge in [0.25, 0.3) is 0 Å². The van der Waals surface area contributed by atoms with E-state index < -0.39 is 0 Å². The van der Waals surface area contributed by atoms with Gasteiger partial charge in [0.05, 0.1) is 0 Å². The fraction of sp³-hybridized carbons (Fsp3) is 0.476. The van der Waals surface area contributed by atoms with Gasteiger partial charge >= 0.3 is 0 Å². The van der Waals surface area contributed by atoms with Crippen molar-refractivity contribution in [2.45, 2.75) is 129 Å². The number of benzene rings is 6. The average molecular weight is 553 g/mol. The van der Waals surface area contributed by atoms with Crippen molar-refractivity contribution in [2.75, 3.05) is 0 Å². The van der Waals surface area contributed by atoms with E-state index in [1.807, 2.05) is 0 Å². The molecular weight excluding hydrogens is 504 g/mol. The monoisotopic (exact) mass is 552 g/mol. The van der Waals surface area contributed by atoms with Crippen LogP contribution < -0.4 is 0 Å². The Balaban J connectivity index is 1.82. The molecule has 216 valence electrons. The van der Waals surface area contributed by atoms with Crippen LogP contribution in [-0.2, 0) is 32.5 Å². The maximum Gasteiger partial charge on any atom is -0.000535 e. The number of hydrogen-bond donors (Lipinski definition) is 0. The van der Waals surface area contributed by atoms with E-state index in [0.717, 1.165) is 0 Å². The molecule has 2 aliphatic rings. The third-order valence-corrected chi connectivity index (χ3v) is 13.2. The summed E-state index contributed by atoms with van der Waals surface area (Å²) in [7, 11) is 0. The summed E-state index contributed by atoms with van der Waals surface area (Å²) in [6.07, 6.45) is 0. The van der Waals surface area contributed by atoms with Crippen LogP contribution >= 0.6 is 0 Å². The highest BCUT2D eigenvalue weighted by Crippen LogP contribution is 2.63. The van der Waals surface area contributed by atoms with Gasteiger partial charge in [0, 0.05) is 0 Å². The normalized spacial score (nSPS) is 20.4. The van der Waals surface area contributed by atoms with Gasteiger partial charge < -0.3 is 0 Å². The molecule has 0 atom stereocenters. The smallest absolute Gasteiger partial charge is 0.000535 e. The summed E-state index contributed by atoms with van der Waals surface area (Å²) >= 11 is 0. The van der Waals surface area contributed by atoms with Crippen molar-refractivity contribution in [3.63, 3.8) is 0 Å². The summed E-state index contributed by atoms with van der Waals surface area (Å²) in [6.45, 7) is 34.4. The maximum atomic E-state index is 2.65. The van der Waals surface area contributed by atoms with Crippen LogP contribution in [0.3, 0.4) is 0 Å².